The molecule has 0 saturated carbocycles. The van der Waals surface area contributed by atoms with E-state index in [2.05, 4.69) is 10.6 Å². The number of hydrogen-bond donors (Lipinski definition) is 2. The van der Waals surface area contributed by atoms with Gasteiger partial charge in [-0.2, -0.15) is 0 Å². The molecule has 3 nitrogen and oxygen atoms in total. The average molecular weight is 367 g/mol. The lowest BCUT2D eigenvalue weighted by Crippen LogP contribution is -2.50. The molecule has 3 rings (SSSR count). The highest BCUT2D eigenvalue weighted by atomic mass is 35.5. The van der Waals surface area contributed by atoms with Gasteiger partial charge in [-0.1, -0.05) is 59.6 Å². The van der Waals surface area contributed by atoms with E-state index in [-0.39, 0.29) is 17.4 Å². The summed E-state index contributed by atoms with van der Waals surface area (Å²) in [4.78, 5) is 12.0. The maximum Gasteiger partial charge on any atom is 0.223 e. The first-order chi connectivity index (χ1) is 11.1. The quantitative estimate of drug-likeness (QED) is 0.844. The van der Waals surface area contributed by atoms with E-state index in [9.17, 15) is 4.79 Å². The standard InChI is InChI=1S/C17H16Cl2N2OS/c18-13-7-6-11(8-14(13)19)10-23-17-20-15(9-16(22)21-17)12-4-2-1-3-5-12/h1-8,15,17,20H,9-10H2,(H,21,22). The monoisotopic (exact) mass is 366 g/mol. The summed E-state index contributed by atoms with van der Waals surface area (Å²) in [7, 11) is 0. The molecule has 1 saturated heterocycles. The van der Waals surface area contributed by atoms with E-state index in [1.54, 1.807) is 17.8 Å². The Bertz CT molecular complexity index is 696. The number of benzene rings is 2. The molecular weight excluding hydrogens is 351 g/mol. The zero-order chi connectivity index (χ0) is 16.2. The van der Waals surface area contributed by atoms with E-state index in [1.165, 1.54) is 0 Å². The van der Waals surface area contributed by atoms with E-state index in [0.717, 1.165) is 16.9 Å². The first-order valence-electron chi connectivity index (χ1n) is 7.28. The smallest absolute Gasteiger partial charge is 0.223 e. The molecule has 0 spiro atoms. The van der Waals surface area contributed by atoms with Crippen LogP contribution in [0.3, 0.4) is 0 Å². The van der Waals surface area contributed by atoms with Crippen molar-refractivity contribution in [2.24, 2.45) is 0 Å². The van der Waals surface area contributed by atoms with Gasteiger partial charge in [0.25, 0.3) is 0 Å². The fraction of sp³-hybridized carbons (Fsp3) is 0.235. The molecule has 0 bridgehead atoms. The van der Waals surface area contributed by atoms with Crippen LogP contribution in [0, 0.1) is 0 Å². The predicted molar refractivity (Wildman–Crippen MR) is 96.6 cm³/mol. The van der Waals surface area contributed by atoms with Gasteiger partial charge in [0.2, 0.25) is 5.91 Å². The largest absolute Gasteiger partial charge is 0.332 e. The van der Waals surface area contributed by atoms with E-state index in [1.807, 2.05) is 42.5 Å². The number of nitrogens with one attached hydrogen (secondary N) is 2. The minimum Gasteiger partial charge on any atom is -0.332 e. The topological polar surface area (TPSA) is 41.1 Å². The van der Waals surface area contributed by atoms with Crippen molar-refractivity contribution in [1.82, 2.24) is 10.6 Å². The Kier molecular flexibility index (Phi) is 5.49. The van der Waals surface area contributed by atoms with Crippen molar-refractivity contribution < 1.29 is 4.79 Å². The molecule has 23 heavy (non-hydrogen) atoms. The van der Waals surface area contributed by atoms with Gasteiger partial charge in [0.05, 0.1) is 10.0 Å². The Morgan fingerprint density at radius 1 is 1.09 bits per heavy atom. The third kappa shape index (κ3) is 4.42. The molecule has 1 amide bonds. The maximum absolute atomic E-state index is 12.0. The van der Waals surface area contributed by atoms with Gasteiger partial charge in [0.15, 0.2) is 0 Å². The zero-order valence-corrected chi connectivity index (χ0v) is 14.6. The Hall–Kier alpha value is -1.20. The molecular formula is C17H16Cl2N2OS. The minimum atomic E-state index is -0.129. The minimum absolute atomic E-state index is 0.0382. The number of rotatable bonds is 4. The van der Waals surface area contributed by atoms with Crippen molar-refractivity contribution in [3.63, 3.8) is 0 Å². The van der Waals surface area contributed by atoms with E-state index in [0.29, 0.717) is 16.5 Å². The molecule has 2 unspecified atom stereocenters. The summed E-state index contributed by atoms with van der Waals surface area (Å²) >= 11 is 13.6. The Morgan fingerprint density at radius 2 is 1.87 bits per heavy atom. The lowest BCUT2D eigenvalue weighted by molar-refractivity contribution is -0.123. The second kappa shape index (κ2) is 7.58. The van der Waals surface area contributed by atoms with Gasteiger partial charge in [-0.25, -0.2) is 0 Å². The van der Waals surface area contributed by atoms with Gasteiger partial charge in [0.1, 0.15) is 5.50 Å². The third-order valence-corrected chi connectivity index (χ3v) is 5.46. The molecule has 1 heterocycles. The Morgan fingerprint density at radius 3 is 2.61 bits per heavy atom. The lowest BCUT2D eigenvalue weighted by Gasteiger charge is -2.31. The Labute approximate surface area is 149 Å². The fourth-order valence-electron chi connectivity index (χ4n) is 2.47. The van der Waals surface area contributed by atoms with Crippen LogP contribution in [0.1, 0.15) is 23.6 Å². The van der Waals surface area contributed by atoms with Crippen molar-refractivity contribution in [2.45, 2.75) is 23.7 Å². The van der Waals surface area contributed by atoms with E-state index in [4.69, 9.17) is 23.2 Å². The first kappa shape index (κ1) is 16.7. The van der Waals surface area contributed by atoms with E-state index >= 15 is 0 Å². The Balaban J connectivity index is 1.63. The van der Waals surface area contributed by atoms with Crippen LogP contribution in [0.4, 0.5) is 0 Å². The second-order valence-electron chi connectivity index (χ2n) is 5.34. The molecule has 1 fully saturated rings. The van der Waals surface area contributed by atoms with Gasteiger partial charge in [0, 0.05) is 18.2 Å². The highest BCUT2D eigenvalue weighted by Gasteiger charge is 2.26. The normalized spacial score (nSPS) is 21.0. The summed E-state index contributed by atoms with van der Waals surface area (Å²) in [6.45, 7) is 0. The van der Waals surface area contributed by atoms with Gasteiger partial charge in [-0.3, -0.25) is 10.1 Å². The number of halogens is 2. The highest BCUT2D eigenvalue weighted by Crippen LogP contribution is 2.27. The molecule has 0 aromatic heterocycles. The van der Waals surface area contributed by atoms with Crippen LogP contribution in [-0.2, 0) is 10.5 Å². The maximum atomic E-state index is 12.0. The predicted octanol–water partition coefficient (Wildman–Crippen LogP) is 4.36. The summed E-state index contributed by atoms with van der Waals surface area (Å²) in [6.07, 6.45) is 0.452. The fourth-order valence-corrected chi connectivity index (χ4v) is 3.81. The van der Waals surface area contributed by atoms with Gasteiger partial charge in [-0.05, 0) is 23.3 Å². The van der Waals surface area contributed by atoms with Crippen molar-refractivity contribution >= 4 is 40.9 Å². The van der Waals surface area contributed by atoms with Crippen molar-refractivity contribution in [3.8, 4) is 0 Å². The van der Waals surface area contributed by atoms with Crippen LogP contribution >= 0.6 is 35.0 Å². The van der Waals surface area contributed by atoms with Crippen LogP contribution in [0.25, 0.3) is 0 Å². The summed E-state index contributed by atoms with van der Waals surface area (Å²) in [6, 6.07) is 15.7. The van der Waals surface area contributed by atoms with Gasteiger partial charge >= 0.3 is 0 Å². The molecule has 2 N–H and O–H groups in total. The van der Waals surface area contributed by atoms with Gasteiger partial charge in [-0.15, -0.1) is 11.8 Å². The lowest BCUT2D eigenvalue weighted by atomic mass is 10.0. The zero-order valence-electron chi connectivity index (χ0n) is 12.3. The summed E-state index contributed by atoms with van der Waals surface area (Å²) in [5.41, 5.74) is 2.07. The molecule has 2 aromatic carbocycles. The third-order valence-electron chi connectivity index (χ3n) is 3.64. The molecule has 1 aliphatic rings. The second-order valence-corrected chi connectivity index (χ2v) is 7.25. The molecule has 2 atom stereocenters. The number of hydrogen-bond acceptors (Lipinski definition) is 3. The molecule has 6 heteroatoms. The SMILES string of the molecule is O=C1CC(c2ccccc2)NC(SCc2ccc(Cl)c(Cl)c2)N1. The summed E-state index contributed by atoms with van der Waals surface area (Å²) in [5, 5.41) is 7.53. The average Bonchev–Trinajstić information content (AvgIpc) is 2.56. The van der Waals surface area contributed by atoms with Crippen LogP contribution < -0.4 is 10.6 Å². The van der Waals surface area contributed by atoms with Gasteiger partial charge < -0.3 is 5.32 Å². The molecule has 0 radical (unpaired) electrons. The first-order valence-corrected chi connectivity index (χ1v) is 9.08. The highest BCUT2D eigenvalue weighted by molar-refractivity contribution is 7.99. The summed E-state index contributed by atoms with van der Waals surface area (Å²) < 4.78 is 0. The molecule has 1 aliphatic heterocycles. The molecule has 120 valence electrons. The van der Waals surface area contributed by atoms with Crippen molar-refractivity contribution in [3.05, 3.63) is 69.7 Å². The van der Waals surface area contributed by atoms with Crippen LogP contribution in [0.2, 0.25) is 10.0 Å². The molecule has 0 aliphatic carbocycles. The summed E-state index contributed by atoms with van der Waals surface area (Å²) in [5.74, 6) is 0.792. The number of carbonyl (C=O) groups excluding carboxylic acids is 1. The number of amides is 1. The van der Waals surface area contributed by atoms with Crippen LogP contribution in [-0.4, -0.2) is 11.4 Å². The number of thioether (sulfide) groups is 1. The van der Waals surface area contributed by atoms with E-state index < -0.39 is 0 Å². The number of carbonyl (C=O) groups is 1. The molecule has 2 aromatic rings. The van der Waals surface area contributed by atoms with Crippen LogP contribution in [0.15, 0.2) is 48.5 Å². The van der Waals surface area contributed by atoms with Crippen molar-refractivity contribution in [2.75, 3.05) is 0 Å². The van der Waals surface area contributed by atoms with Crippen molar-refractivity contribution in [1.29, 1.82) is 0 Å². The van der Waals surface area contributed by atoms with Crippen LogP contribution in [0.5, 0.6) is 0 Å².